The zero-order valence-corrected chi connectivity index (χ0v) is 15.7. The number of aromatic hydroxyl groups is 2. The highest BCUT2D eigenvalue weighted by Gasteiger charge is 2.19. The number of rotatable bonds is 6. The first kappa shape index (κ1) is 18.4. The van der Waals surface area contributed by atoms with Crippen LogP contribution < -0.4 is 0 Å². The Hall–Kier alpha value is -3.99. The second-order valence-electron chi connectivity index (χ2n) is 6.61. The number of H-pyrrole nitrogens is 1. The van der Waals surface area contributed by atoms with Gasteiger partial charge in [0.25, 0.3) is 0 Å². The van der Waals surface area contributed by atoms with E-state index in [1.165, 1.54) is 0 Å². The number of aromatic nitrogens is 2. The van der Waals surface area contributed by atoms with E-state index in [4.69, 9.17) is 9.40 Å². The van der Waals surface area contributed by atoms with Crippen LogP contribution in [0.25, 0.3) is 34.7 Å². The van der Waals surface area contributed by atoms with E-state index < -0.39 is 0 Å². The van der Waals surface area contributed by atoms with Crippen molar-refractivity contribution in [2.24, 2.45) is 0 Å². The Kier molecular flexibility index (Phi) is 4.79. The van der Waals surface area contributed by atoms with Gasteiger partial charge in [0.2, 0.25) is 0 Å². The van der Waals surface area contributed by atoms with Gasteiger partial charge in [-0.15, -0.1) is 0 Å². The third kappa shape index (κ3) is 3.58. The molecule has 0 spiro atoms. The minimum absolute atomic E-state index is 0.180. The molecule has 0 aliphatic carbocycles. The maximum atomic E-state index is 9.61. The van der Waals surface area contributed by atoms with E-state index in [1.54, 1.807) is 60.7 Å². The molecule has 0 saturated carbocycles. The molecule has 2 aromatic heterocycles. The topological polar surface area (TPSA) is 82.3 Å². The number of nitrogens with zero attached hydrogens (tertiary/aromatic N) is 1. The molecule has 2 aromatic carbocycles. The summed E-state index contributed by atoms with van der Waals surface area (Å²) < 4.78 is 6.14. The first-order valence-electron chi connectivity index (χ1n) is 9.12. The summed E-state index contributed by atoms with van der Waals surface area (Å²) in [5.74, 6) is 1.52. The van der Waals surface area contributed by atoms with Gasteiger partial charge >= 0.3 is 0 Å². The summed E-state index contributed by atoms with van der Waals surface area (Å²) in [5, 5.41) is 19.2. The zero-order chi connectivity index (χ0) is 20.4. The Morgan fingerprint density at radius 2 is 1.52 bits per heavy atom. The largest absolute Gasteiger partial charge is 0.508 e. The number of benzene rings is 2. The van der Waals surface area contributed by atoms with E-state index in [-0.39, 0.29) is 11.5 Å². The van der Waals surface area contributed by atoms with Crippen molar-refractivity contribution in [3.63, 3.8) is 0 Å². The molecule has 29 heavy (non-hydrogen) atoms. The number of aromatic amines is 1. The van der Waals surface area contributed by atoms with Crippen molar-refractivity contribution < 1.29 is 14.6 Å². The minimum Gasteiger partial charge on any atom is -0.508 e. The second-order valence-corrected chi connectivity index (χ2v) is 6.61. The van der Waals surface area contributed by atoms with E-state index in [9.17, 15) is 10.2 Å². The third-order valence-corrected chi connectivity index (χ3v) is 4.73. The van der Waals surface area contributed by atoms with Crippen molar-refractivity contribution in [3.8, 4) is 34.1 Å². The van der Waals surface area contributed by atoms with Gasteiger partial charge in [-0.1, -0.05) is 19.2 Å². The number of nitrogens with one attached hydrogen (secondary N) is 1. The zero-order valence-electron chi connectivity index (χ0n) is 15.7. The second kappa shape index (κ2) is 7.56. The Morgan fingerprint density at radius 3 is 2.10 bits per heavy atom. The van der Waals surface area contributed by atoms with Crippen LogP contribution in [0.5, 0.6) is 11.5 Å². The van der Waals surface area contributed by atoms with Crippen molar-refractivity contribution >= 4 is 12.2 Å². The van der Waals surface area contributed by atoms with Gasteiger partial charge in [0, 0.05) is 28.6 Å². The molecule has 3 N–H and O–H groups in total. The molecule has 0 aliphatic heterocycles. The van der Waals surface area contributed by atoms with E-state index in [0.29, 0.717) is 23.8 Å². The molecule has 0 radical (unpaired) electrons. The lowest BCUT2D eigenvalue weighted by atomic mass is 10.1. The maximum absolute atomic E-state index is 9.61. The number of oxazole rings is 1. The van der Waals surface area contributed by atoms with Crippen LogP contribution in [0.4, 0.5) is 0 Å². The Morgan fingerprint density at radius 1 is 0.897 bits per heavy atom. The fourth-order valence-corrected chi connectivity index (χ4v) is 3.28. The smallest absolute Gasteiger partial charge is 0.200 e. The predicted octanol–water partition coefficient (Wildman–Crippen LogP) is 5.62. The number of hydrogen-bond acceptors (Lipinski definition) is 4. The summed E-state index contributed by atoms with van der Waals surface area (Å²) in [4.78, 5) is 7.91. The maximum Gasteiger partial charge on any atom is 0.200 e. The van der Waals surface area contributed by atoms with Gasteiger partial charge in [-0.25, -0.2) is 4.98 Å². The highest BCUT2D eigenvalue weighted by molar-refractivity contribution is 5.77. The molecule has 4 rings (SSSR count). The lowest BCUT2D eigenvalue weighted by Gasteiger charge is -2.02. The van der Waals surface area contributed by atoms with Gasteiger partial charge < -0.3 is 19.6 Å². The molecule has 0 saturated heterocycles. The summed E-state index contributed by atoms with van der Waals surface area (Å²) in [6.45, 7) is 7.70. The van der Waals surface area contributed by atoms with Crippen LogP contribution in [0.1, 0.15) is 22.7 Å². The predicted molar refractivity (Wildman–Crippen MR) is 114 cm³/mol. The summed E-state index contributed by atoms with van der Waals surface area (Å²) >= 11 is 0. The highest BCUT2D eigenvalue weighted by Crippen LogP contribution is 2.35. The monoisotopic (exact) mass is 384 g/mol. The van der Waals surface area contributed by atoms with Crippen LogP contribution in [-0.2, 0) is 6.42 Å². The number of phenolic OH excluding ortho intramolecular Hbond substituents is 2. The molecule has 5 nitrogen and oxygen atoms in total. The third-order valence-electron chi connectivity index (χ3n) is 4.73. The molecule has 5 heteroatoms. The average Bonchev–Trinajstić information content (AvgIpc) is 3.33. The van der Waals surface area contributed by atoms with E-state index in [0.717, 1.165) is 27.9 Å². The number of phenols is 2. The molecular weight excluding hydrogens is 364 g/mol. The van der Waals surface area contributed by atoms with E-state index in [2.05, 4.69) is 18.1 Å². The molecule has 144 valence electrons. The highest BCUT2D eigenvalue weighted by atomic mass is 16.4. The standard InChI is InChI=1S/C24H20N2O3/c1-3-20-17(14-25-21(20)4-2)13-22-26-23(15-5-9-18(27)10-6-15)24(29-22)16-7-11-19(28)12-8-16/h3-12,14,25,27-28H,1-2,13H2. The molecule has 0 unspecified atom stereocenters. The van der Waals surface area contributed by atoms with Crippen LogP contribution in [0.15, 0.2) is 72.3 Å². The van der Waals surface area contributed by atoms with Gasteiger partial charge in [-0.2, -0.15) is 0 Å². The Balaban J connectivity index is 1.80. The van der Waals surface area contributed by atoms with E-state index >= 15 is 0 Å². The van der Waals surface area contributed by atoms with Crippen LogP contribution in [-0.4, -0.2) is 20.2 Å². The number of hydrogen-bond donors (Lipinski definition) is 3. The minimum atomic E-state index is 0.180. The van der Waals surface area contributed by atoms with Crippen LogP contribution in [0.3, 0.4) is 0 Å². The van der Waals surface area contributed by atoms with Crippen LogP contribution >= 0.6 is 0 Å². The van der Waals surface area contributed by atoms with Crippen molar-refractivity contribution in [2.75, 3.05) is 0 Å². The first-order valence-corrected chi connectivity index (χ1v) is 9.12. The normalized spacial score (nSPS) is 10.8. The summed E-state index contributed by atoms with van der Waals surface area (Å²) in [5.41, 5.74) is 5.17. The Labute approximate surface area is 168 Å². The lowest BCUT2D eigenvalue weighted by Crippen LogP contribution is -1.89. The average molecular weight is 384 g/mol. The van der Waals surface area contributed by atoms with Gasteiger partial charge in [-0.3, -0.25) is 0 Å². The van der Waals surface area contributed by atoms with Crippen molar-refractivity contribution in [1.82, 2.24) is 9.97 Å². The summed E-state index contributed by atoms with van der Waals surface area (Å²) in [7, 11) is 0. The first-order chi connectivity index (χ1) is 14.1. The Bertz CT molecular complexity index is 1100. The molecule has 0 bridgehead atoms. The fraction of sp³-hybridized carbons (Fsp3) is 0.0417. The van der Waals surface area contributed by atoms with Gasteiger partial charge in [-0.05, 0) is 60.2 Å². The molecule has 0 aliphatic rings. The fourth-order valence-electron chi connectivity index (χ4n) is 3.28. The summed E-state index contributed by atoms with van der Waals surface area (Å²) in [6.07, 6.45) is 5.92. The lowest BCUT2D eigenvalue weighted by molar-refractivity contribution is 0.474. The van der Waals surface area contributed by atoms with Crippen molar-refractivity contribution in [2.45, 2.75) is 6.42 Å². The van der Waals surface area contributed by atoms with Gasteiger partial charge in [0.05, 0.1) is 6.42 Å². The van der Waals surface area contributed by atoms with Crippen LogP contribution in [0, 0.1) is 0 Å². The molecule has 2 heterocycles. The molecule has 0 atom stereocenters. The van der Waals surface area contributed by atoms with Crippen LogP contribution in [0.2, 0.25) is 0 Å². The van der Waals surface area contributed by atoms with Crippen molar-refractivity contribution in [3.05, 3.63) is 90.6 Å². The quantitative estimate of drug-likeness (QED) is 0.403. The van der Waals surface area contributed by atoms with Gasteiger partial charge in [0.1, 0.15) is 17.2 Å². The summed E-state index contributed by atoms with van der Waals surface area (Å²) in [6, 6.07) is 13.6. The van der Waals surface area contributed by atoms with Crippen molar-refractivity contribution in [1.29, 1.82) is 0 Å². The molecule has 0 fully saturated rings. The molecular formula is C24H20N2O3. The van der Waals surface area contributed by atoms with Gasteiger partial charge in [0.15, 0.2) is 11.7 Å². The molecule has 0 amide bonds. The van der Waals surface area contributed by atoms with E-state index in [1.807, 2.05) is 6.20 Å². The molecule has 4 aromatic rings. The SMILES string of the molecule is C=Cc1[nH]cc(Cc2nc(-c3ccc(O)cc3)c(-c3ccc(O)cc3)o2)c1C=C.